The van der Waals surface area contributed by atoms with E-state index in [9.17, 15) is 4.79 Å². The molecule has 2 heterocycles. The molecule has 0 radical (unpaired) electrons. The maximum atomic E-state index is 12.2. The number of nitrogens with one attached hydrogen (secondary N) is 1. The number of thioether (sulfide) groups is 1. The first-order chi connectivity index (χ1) is 11.5. The fourth-order valence-electron chi connectivity index (χ4n) is 3.13. The van der Waals surface area contributed by atoms with E-state index < -0.39 is 0 Å². The first kappa shape index (κ1) is 16.9. The Hall–Kier alpha value is -1.95. The van der Waals surface area contributed by atoms with Crippen molar-refractivity contribution in [1.82, 2.24) is 10.5 Å². The molecule has 1 aromatic heterocycles. The van der Waals surface area contributed by atoms with Gasteiger partial charge in [-0.15, -0.1) is 11.8 Å². The van der Waals surface area contributed by atoms with Gasteiger partial charge in [-0.2, -0.15) is 0 Å². The fourth-order valence-corrected chi connectivity index (χ4v) is 4.12. The molecule has 1 aliphatic heterocycles. The van der Waals surface area contributed by atoms with Gasteiger partial charge in [-0.3, -0.25) is 4.79 Å². The van der Waals surface area contributed by atoms with Crippen LogP contribution in [0.2, 0.25) is 0 Å². The van der Waals surface area contributed by atoms with Gasteiger partial charge >= 0.3 is 0 Å². The first-order valence-corrected chi connectivity index (χ1v) is 9.28. The van der Waals surface area contributed by atoms with Crippen molar-refractivity contribution in [3.63, 3.8) is 0 Å². The lowest BCUT2D eigenvalue weighted by atomic mass is 9.98. The molecule has 1 atom stereocenters. The van der Waals surface area contributed by atoms with E-state index in [4.69, 9.17) is 4.52 Å². The highest BCUT2D eigenvalue weighted by molar-refractivity contribution is 7.99. The Bertz CT molecular complexity index is 709. The number of rotatable bonds is 5. The predicted octanol–water partition coefficient (Wildman–Crippen LogP) is 2.70. The molecule has 128 valence electrons. The van der Waals surface area contributed by atoms with Gasteiger partial charge in [0.1, 0.15) is 5.76 Å². The molecule has 0 bridgehead atoms. The second-order valence-corrected chi connectivity index (χ2v) is 7.26. The highest BCUT2D eigenvalue weighted by Gasteiger charge is 2.23. The van der Waals surface area contributed by atoms with Crippen molar-refractivity contribution in [3.8, 4) is 0 Å². The monoisotopic (exact) mass is 345 g/mol. The van der Waals surface area contributed by atoms with Gasteiger partial charge in [0.05, 0.1) is 17.5 Å². The number of benzene rings is 1. The summed E-state index contributed by atoms with van der Waals surface area (Å²) in [4.78, 5) is 14.4. The topological polar surface area (TPSA) is 58.4 Å². The summed E-state index contributed by atoms with van der Waals surface area (Å²) in [6.45, 7) is 4.68. The van der Waals surface area contributed by atoms with Crippen molar-refractivity contribution in [2.75, 3.05) is 24.2 Å². The molecule has 1 aliphatic rings. The molecular formula is C18H23N3O2S. The summed E-state index contributed by atoms with van der Waals surface area (Å²) in [7, 11) is 2.07. The molecule has 0 spiro atoms. The Labute approximate surface area is 146 Å². The van der Waals surface area contributed by atoms with Crippen LogP contribution in [0, 0.1) is 13.8 Å². The molecule has 0 fully saturated rings. The molecule has 1 aromatic carbocycles. The largest absolute Gasteiger partial charge is 0.372 e. The van der Waals surface area contributed by atoms with Crippen molar-refractivity contribution in [2.45, 2.75) is 32.1 Å². The standard InChI is InChI=1S/C18H23N3O2S/c1-12-16(13(2)23-20-12)10-24-11-18(22)19-15-8-14-6-4-5-7-17(14)21(3)9-15/h4-7,15H,8-11H2,1-3H3,(H,19,22). The second kappa shape index (κ2) is 7.30. The summed E-state index contributed by atoms with van der Waals surface area (Å²) in [5.41, 5.74) is 4.56. The lowest BCUT2D eigenvalue weighted by molar-refractivity contribution is -0.119. The summed E-state index contributed by atoms with van der Waals surface area (Å²) < 4.78 is 5.15. The minimum Gasteiger partial charge on any atom is -0.372 e. The maximum absolute atomic E-state index is 12.2. The molecule has 6 heteroatoms. The number of carbonyl (C=O) groups excluding carboxylic acids is 1. The van der Waals surface area contributed by atoms with E-state index in [1.54, 1.807) is 11.8 Å². The lowest BCUT2D eigenvalue weighted by Gasteiger charge is -2.33. The number of likely N-dealkylation sites (N-methyl/N-ethyl adjacent to an activating group) is 1. The van der Waals surface area contributed by atoms with Crippen LogP contribution in [0.25, 0.3) is 0 Å². The van der Waals surface area contributed by atoms with Crippen molar-refractivity contribution in [2.24, 2.45) is 0 Å². The quantitative estimate of drug-likeness (QED) is 0.903. The number of carbonyl (C=O) groups is 1. The van der Waals surface area contributed by atoms with E-state index in [0.717, 1.165) is 35.7 Å². The SMILES string of the molecule is Cc1noc(C)c1CSCC(=O)NC1Cc2ccccc2N(C)C1. The smallest absolute Gasteiger partial charge is 0.230 e. The van der Waals surface area contributed by atoms with Crippen LogP contribution in [0.1, 0.15) is 22.6 Å². The van der Waals surface area contributed by atoms with E-state index in [1.807, 2.05) is 13.8 Å². The third-order valence-electron chi connectivity index (χ3n) is 4.39. The van der Waals surface area contributed by atoms with Gasteiger partial charge in [-0.05, 0) is 31.9 Å². The van der Waals surface area contributed by atoms with E-state index in [-0.39, 0.29) is 11.9 Å². The molecule has 2 aromatic rings. The van der Waals surface area contributed by atoms with Crippen LogP contribution in [0.15, 0.2) is 28.8 Å². The Morgan fingerprint density at radius 1 is 1.42 bits per heavy atom. The van der Waals surface area contributed by atoms with E-state index in [2.05, 4.69) is 46.7 Å². The van der Waals surface area contributed by atoms with Crippen LogP contribution in [0.4, 0.5) is 5.69 Å². The van der Waals surface area contributed by atoms with Crippen LogP contribution in [0.5, 0.6) is 0 Å². The molecular weight excluding hydrogens is 322 g/mol. The zero-order valence-corrected chi connectivity index (χ0v) is 15.2. The molecule has 3 rings (SSSR count). The van der Waals surface area contributed by atoms with Gasteiger partial charge in [0.15, 0.2) is 0 Å². The number of hydrogen-bond acceptors (Lipinski definition) is 5. The molecule has 1 amide bonds. The van der Waals surface area contributed by atoms with Gasteiger partial charge in [-0.1, -0.05) is 23.4 Å². The van der Waals surface area contributed by atoms with Crippen LogP contribution >= 0.6 is 11.8 Å². The number of anilines is 1. The highest BCUT2D eigenvalue weighted by Crippen LogP contribution is 2.25. The number of nitrogens with zero attached hydrogens (tertiary/aromatic N) is 2. The number of para-hydroxylation sites is 1. The number of aryl methyl sites for hydroxylation is 2. The zero-order chi connectivity index (χ0) is 17.1. The Kier molecular flexibility index (Phi) is 5.14. The Balaban J connectivity index is 1.49. The van der Waals surface area contributed by atoms with Crippen molar-refractivity contribution in [3.05, 3.63) is 46.8 Å². The zero-order valence-electron chi connectivity index (χ0n) is 14.3. The average molecular weight is 345 g/mol. The second-order valence-electron chi connectivity index (χ2n) is 6.27. The van der Waals surface area contributed by atoms with E-state index >= 15 is 0 Å². The summed E-state index contributed by atoms with van der Waals surface area (Å²) in [5.74, 6) is 2.13. The van der Waals surface area contributed by atoms with Crippen LogP contribution in [-0.2, 0) is 17.0 Å². The van der Waals surface area contributed by atoms with Crippen LogP contribution in [-0.4, -0.2) is 36.5 Å². The van der Waals surface area contributed by atoms with E-state index in [1.165, 1.54) is 11.3 Å². The molecule has 24 heavy (non-hydrogen) atoms. The molecule has 0 saturated heterocycles. The normalized spacial score (nSPS) is 16.8. The predicted molar refractivity (Wildman–Crippen MR) is 97.5 cm³/mol. The van der Waals surface area contributed by atoms with Crippen molar-refractivity contribution >= 4 is 23.4 Å². The molecule has 0 aliphatic carbocycles. The van der Waals surface area contributed by atoms with Crippen LogP contribution in [0.3, 0.4) is 0 Å². The van der Waals surface area contributed by atoms with Gasteiger partial charge in [-0.25, -0.2) is 0 Å². The number of amides is 1. The van der Waals surface area contributed by atoms with Gasteiger partial charge in [0.25, 0.3) is 0 Å². The van der Waals surface area contributed by atoms with Crippen molar-refractivity contribution < 1.29 is 9.32 Å². The average Bonchev–Trinajstić information content (AvgIpc) is 2.87. The highest BCUT2D eigenvalue weighted by atomic mass is 32.2. The number of fused-ring (bicyclic) bond motifs is 1. The molecule has 1 unspecified atom stereocenters. The third kappa shape index (κ3) is 3.75. The van der Waals surface area contributed by atoms with E-state index in [0.29, 0.717) is 5.75 Å². The van der Waals surface area contributed by atoms with Gasteiger partial charge in [0.2, 0.25) is 5.91 Å². The summed E-state index contributed by atoms with van der Waals surface area (Å²) >= 11 is 1.60. The van der Waals surface area contributed by atoms with Crippen LogP contribution < -0.4 is 10.2 Å². The molecule has 1 N–H and O–H groups in total. The summed E-state index contributed by atoms with van der Waals surface area (Å²) in [5, 5.41) is 7.10. The Morgan fingerprint density at radius 3 is 2.96 bits per heavy atom. The first-order valence-electron chi connectivity index (χ1n) is 8.12. The summed E-state index contributed by atoms with van der Waals surface area (Å²) in [6.07, 6.45) is 0.890. The van der Waals surface area contributed by atoms with Gasteiger partial charge in [0, 0.05) is 30.6 Å². The summed E-state index contributed by atoms with van der Waals surface area (Å²) in [6, 6.07) is 8.54. The fraction of sp³-hybridized carbons (Fsp3) is 0.444. The molecule has 5 nitrogen and oxygen atoms in total. The maximum Gasteiger partial charge on any atom is 0.230 e. The minimum absolute atomic E-state index is 0.0875. The number of aromatic nitrogens is 1. The Morgan fingerprint density at radius 2 is 2.21 bits per heavy atom. The van der Waals surface area contributed by atoms with Gasteiger partial charge < -0.3 is 14.7 Å². The molecule has 0 saturated carbocycles. The lowest BCUT2D eigenvalue weighted by Crippen LogP contribution is -2.47. The van der Waals surface area contributed by atoms with Crippen molar-refractivity contribution in [1.29, 1.82) is 0 Å². The third-order valence-corrected chi connectivity index (χ3v) is 5.35. The minimum atomic E-state index is 0.0875. The number of hydrogen-bond donors (Lipinski definition) is 1.